The van der Waals surface area contributed by atoms with Crippen LogP contribution in [0.25, 0.3) is 0 Å². The summed E-state index contributed by atoms with van der Waals surface area (Å²) in [5.74, 6) is -2.93. The third kappa shape index (κ3) is 2.19. The van der Waals surface area contributed by atoms with E-state index in [1.165, 1.54) is 0 Å². The number of hydrogen-bond acceptors (Lipinski definition) is 3. The Hall–Kier alpha value is -0.541. The Bertz CT molecular complexity index is 97.9. The number of carboxylic acid groups (broad SMARTS) is 1. The van der Waals surface area contributed by atoms with E-state index < -0.39 is 11.9 Å². The molecule has 0 amide bonds. The molecule has 0 fully saturated rings. The molecule has 0 radical (unpaired) electrons. The van der Waals surface area contributed by atoms with Crippen LogP contribution < -0.4 is 0 Å². The maximum atomic E-state index is 9.64. The molecule has 0 aromatic carbocycles. The summed E-state index contributed by atoms with van der Waals surface area (Å²) in [5.41, 5.74) is 0. The Morgan fingerprint density at radius 1 is 1.57 bits per heavy atom. The number of aliphatic carboxylic acids is 1. The van der Waals surface area contributed by atoms with Crippen molar-refractivity contribution in [3.8, 4) is 0 Å². The molecule has 0 saturated carbocycles. The van der Waals surface area contributed by atoms with Crippen molar-refractivity contribution in [2.75, 3.05) is 0 Å². The average molecular weight is 144 g/mol. The molecule has 0 heterocycles. The first-order valence-corrected chi connectivity index (χ1v) is 1.72. The fourth-order valence-corrected chi connectivity index (χ4v) is 0.136. The molecule has 0 saturated heterocycles. The second kappa shape index (κ2) is 2.60. The SMILES string of the molecule is O=C(O)C(=O)[O][Mn]. The zero-order chi connectivity index (χ0) is 5.86. The zero-order valence-electron chi connectivity index (χ0n) is 3.05. The summed E-state index contributed by atoms with van der Waals surface area (Å²) in [5, 5.41) is 7.68. The van der Waals surface area contributed by atoms with Crippen LogP contribution in [0.15, 0.2) is 0 Å². The third-order valence-electron chi connectivity index (χ3n) is 0.245. The van der Waals surface area contributed by atoms with E-state index in [4.69, 9.17) is 5.11 Å². The summed E-state index contributed by atoms with van der Waals surface area (Å²) >= 11 is 2.18. The molecule has 0 unspecified atom stereocenters. The van der Waals surface area contributed by atoms with Crippen LogP contribution in [-0.4, -0.2) is 17.0 Å². The van der Waals surface area contributed by atoms with Crippen molar-refractivity contribution < 1.29 is 34.9 Å². The minimum absolute atomic E-state index is 1.32. The fraction of sp³-hybridized carbons (Fsp3) is 0. The van der Waals surface area contributed by atoms with E-state index in [0.29, 0.717) is 0 Å². The van der Waals surface area contributed by atoms with E-state index in [9.17, 15) is 9.59 Å². The van der Waals surface area contributed by atoms with Crippen molar-refractivity contribution in [1.82, 2.24) is 0 Å². The van der Waals surface area contributed by atoms with Crippen LogP contribution in [-0.2, 0) is 29.8 Å². The molecule has 4 nitrogen and oxygen atoms in total. The second-order valence-electron chi connectivity index (χ2n) is 0.670. The van der Waals surface area contributed by atoms with Gasteiger partial charge in [-0.15, -0.1) is 0 Å². The standard InChI is InChI=1S/C2H2O4.Mn/c3-1(4)2(5)6;/h(H,3,4)(H,5,6);/q;+1/p-1. The maximum absolute atomic E-state index is 9.64. The Morgan fingerprint density at radius 2 is 2.00 bits per heavy atom. The summed E-state index contributed by atoms with van der Waals surface area (Å²) in [6, 6.07) is 0. The molecular formula is C2HMnO4. The predicted octanol–water partition coefficient (Wildman–Crippen LogP) is -0.924. The van der Waals surface area contributed by atoms with Gasteiger partial charge in [0.15, 0.2) is 0 Å². The van der Waals surface area contributed by atoms with Gasteiger partial charge in [-0.2, -0.15) is 0 Å². The van der Waals surface area contributed by atoms with Crippen molar-refractivity contribution in [3.63, 3.8) is 0 Å². The van der Waals surface area contributed by atoms with Crippen LogP contribution in [0.1, 0.15) is 0 Å². The summed E-state index contributed by atoms with van der Waals surface area (Å²) in [7, 11) is 0. The molecule has 0 spiro atoms. The van der Waals surface area contributed by atoms with E-state index in [0.717, 1.165) is 0 Å². The summed E-state index contributed by atoms with van der Waals surface area (Å²) in [6.07, 6.45) is 0. The molecule has 0 aromatic heterocycles. The number of carboxylic acids is 1. The van der Waals surface area contributed by atoms with E-state index >= 15 is 0 Å². The van der Waals surface area contributed by atoms with Crippen LogP contribution in [0.2, 0.25) is 0 Å². The van der Waals surface area contributed by atoms with Crippen LogP contribution in [0, 0.1) is 0 Å². The molecule has 0 rings (SSSR count). The molecule has 7 heavy (non-hydrogen) atoms. The van der Waals surface area contributed by atoms with Crippen molar-refractivity contribution in [3.05, 3.63) is 0 Å². The molecule has 0 aliphatic rings. The third-order valence-corrected chi connectivity index (χ3v) is 0.464. The monoisotopic (exact) mass is 144 g/mol. The zero-order valence-corrected chi connectivity index (χ0v) is 4.23. The summed E-state index contributed by atoms with van der Waals surface area (Å²) in [4.78, 5) is 19.1. The van der Waals surface area contributed by atoms with Gasteiger partial charge in [-0.25, -0.2) is 0 Å². The Morgan fingerprint density at radius 3 is 2.00 bits per heavy atom. The Balaban J connectivity index is 3.58. The van der Waals surface area contributed by atoms with E-state index in [1.807, 2.05) is 0 Å². The van der Waals surface area contributed by atoms with Gasteiger partial charge in [0.1, 0.15) is 0 Å². The molecule has 5 heteroatoms. The second-order valence-corrected chi connectivity index (χ2v) is 0.911. The Kier molecular flexibility index (Phi) is 2.40. The van der Waals surface area contributed by atoms with E-state index in [1.54, 1.807) is 0 Å². The minimum atomic E-state index is -1.61. The van der Waals surface area contributed by atoms with Gasteiger partial charge in [-0.3, -0.25) is 0 Å². The van der Waals surface area contributed by atoms with Gasteiger partial charge in [0.2, 0.25) is 0 Å². The molecule has 0 aromatic rings. The van der Waals surface area contributed by atoms with Crippen molar-refractivity contribution in [1.29, 1.82) is 0 Å². The van der Waals surface area contributed by atoms with E-state index in [-0.39, 0.29) is 0 Å². The van der Waals surface area contributed by atoms with Gasteiger partial charge in [0, 0.05) is 0 Å². The first-order valence-electron chi connectivity index (χ1n) is 1.24. The molecule has 0 aliphatic heterocycles. The predicted molar refractivity (Wildman–Crippen MR) is 13.7 cm³/mol. The molecule has 1 N–H and O–H groups in total. The molecule has 0 bridgehead atoms. The topological polar surface area (TPSA) is 63.6 Å². The summed E-state index contributed by atoms with van der Waals surface area (Å²) < 4.78 is 3.59. The Labute approximate surface area is 47.6 Å². The van der Waals surface area contributed by atoms with Gasteiger partial charge in [-0.05, 0) is 0 Å². The van der Waals surface area contributed by atoms with Crippen LogP contribution >= 0.6 is 0 Å². The number of hydrogen-bond donors (Lipinski definition) is 1. The van der Waals surface area contributed by atoms with Crippen LogP contribution in [0.3, 0.4) is 0 Å². The first kappa shape index (κ1) is 6.46. The normalized spacial score (nSPS) is 7.57. The number of rotatable bonds is 0. The van der Waals surface area contributed by atoms with Gasteiger partial charge in [0.05, 0.1) is 0 Å². The van der Waals surface area contributed by atoms with Gasteiger partial charge < -0.3 is 0 Å². The van der Waals surface area contributed by atoms with Gasteiger partial charge >= 0.3 is 46.8 Å². The van der Waals surface area contributed by atoms with E-state index in [2.05, 4.69) is 20.2 Å². The quantitative estimate of drug-likeness (QED) is 0.352. The number of carbonyl (C=O) groups excluding carboxylic acids is 1. The van der Waals surface area contributed by atoms with Crippen molar-refractivity contribution in [2.45, 2.75) is 0 Å². The molecule has 0 atom stereocenters. The van der Waals surface area contributed by atoms with Gasteiger partial charge in [0.25, 0.3) is 0 Å². The molecule has 0 aliphatic carbocycles. The van der Waals surface area contributed by atoms with Crippen molar-refractivity contribution >= 4 is 11.9 Å². The van der Waals surface area contributed by atoms with Crippen molar-refractivity contribution in [2.24, 2.45) is 0 Å². The molecule has 40 valence electrons. The van der Waals surface area contributed by atoms with Crippen LogP contribution in [0.5, 0.6) is 0 Å². The average Bonchev–Trinajstić information content (AvgIpc) is 1.65. The number of carbonyl (C=O) groups is 2. The summed E-state index contributed by atoms with van der Waals surface area (Å²) in [6.45, 7) is 0. The molecular weight excluding hydrogens is 143 g/mol. The first-order chi connectivity index (χ1) is 3.18. The fourth-order valence-electron chi connectivity index (χ4n) is 0.0330. The van der Waals surface area contributed by atoms with Crippen LogP contribution in [0.4, 0.5) is 0 Å². The van der Waals surface area contributed by atoms with Gasteiger partial charge in [-0.1, -0.05) is 0 Å².